The van der Waals surface area contributed by atoms with E-state index in [9.17, 15) is 14.7 Å². The molecule has 0 spiro atoms. The zero-order valence-corrected chi connectivity index (χ0v) is 10.7. The molecule has 4 nitrogen and oxygen atoms in total. The third-order valence-corrected chi connectivity index (χ3v) is 5.23. The van der Waals surface area contributed by atoms with Gasteiger partial charge in [-0.25, -0.2) is 0 Å². The van der Waals surface area contributed by atoms with Gasteiger partial charge in [0.1, 0.15) is 0 Å². The summed E-state index contributed by atoms with van der Waals surface area (Å²) in [7, 11) is 0. The molecule has 2 atom stereocenters. The van der Waals surface area contributed by atoms with Crippen molar-refractivity contribution < 1.29 is 14.7 Å². The fourth-order valence-electron chi connectivity index (χ4n) is 4.14. The standard InChI is InChI=1S/C14H21NO3/c16-12(15-9-10-3-4-11(15)7-10)8-14(13(17)18)5-1-2-6-14/h10-11H,1-9H2,(H,17,18). The van der Waals surface area contributed by atoms with E-state index in [4.69, 9.17) is 0 Å². The monoisotopic (exact) mass is 251 g/mol. The Bertz CT molecular complexity index is 373. The Kier molecular flexibility index (Phi) is 2.83. The largest absolute Gasteiger partial charge is 0.481 e. The van der Waals surface area contributed by atoms with Crippen LogP contribution in [0.4, 0.5) is 0 Å². The van der Waals surface area contributed by atoms with E-state index in [1.54, 1.807) is 0 Å². The van der Waals surface area contributed by atoms with Gasteiger partial charge in [0.15, 0.2) is 0 Å². The Morgan fingerprint density at radius 2 is 1.94 bits per heavy atom. The molecule has 0 aromatic rings. The lowest BCUT2D eigenvalue weighted by molar-refractivity contribution is -0.153. The number of hydrogen-bond donors (Lipinski definition) is 1. The van der Waals surface area contributed by atoms with Crippen molar-refractivity contribution in [2.45, 2.75) is 57.4 Å². The van der Waals surface area contributed by atoms with Gasteiger partial charge in [0, 0.05) is 19.0 Å². The average molecular weight is 251 g/mol. The van der Waals surface area contributed by atoms with Crippen molar-refractivity contribution in [3.05, 3.63) is 0 Å². The zero-order chi connectivity index (χ0) is 12.8. The molecule has 3 rings (SSSR count). The zero-order valence-electron chi connectivity index (χ0n) is 10.7. The van der Waals surface area contributed by atoms with Crippen LogP contribution in [0.15, 0.2) is 0 Å². The Balaban J connectivity index is 1.68. The molecule has 0 aromatic carbocycles. The molecule has 0 aromatic heterocycles. The van der Waals surface area contributed by atoms with Gasteiger partial charge < -0.3 is 10.0 Å². The second-order valence-electron chi connectivity index (χ2n) is 6.35. The maximum atomic E-state index is 12.4. The van der Waals surface area contributed by atoms with Crippen molar-refractivity contribution in [3.8, 4) is 0 Å². The fraction of sp³-hybridized carbons (Fsp3) is 0.857. The number of carbonyl (C=O) groups is 2. The van der Waals surface area contributed by atoms with Gasteiger partial charge in [0.05, 0.1) is 5.41 Å². The number of aliphatic carboxylic acids is 1. The maximum Gasteiger partial charge on any atom is 0.310 e. The lowest BCUT2D eigenvalue weighted by Crippen LogP contribution is -2.42. The van der Waals surface area contributed by atoms with Crippen molar-refractivity contribution in [1.82, 2.24) is 4.90 Å². The smallest absolute Gasteiger partial charge is 0.310 e. The van der Waals surface area contributed by atoms with Crippen LogP contribution in [-0.2, 0) is 9.59 Å². The molecule has 100 valence electrons. The Morgan fingerprint density at radius 3 is 2.44 bits per heavy atom. The van der Waals surface area contributed by atoms with Crippen molar-refractivity contribution in [1.29, 1.82) is 0 Å². The van der Waals surface area contributed by atoms with Crippen LogP contribution in [0.1, 0.15) is 51.4 Å². The molecule has 1 amide bonds. The van der Waals surface area contributed by atoms with E-state index in [1.807, 2.05) is 4.90 Å². The summed E-state index contributed by atoms with van der Waals surface area (Å²) in [6.45, 7) is 0.874. The summed E-state index contributed by atoms with van der Waals surface area (Å²) < 4.78 is 0. The molecule has 1 saturated heterocycles. The van der Waals surface area contributed by atoms with E-state index in [-0.39, 0.29) is 12.3 Å². The molecule has 2 saturated carbocycles. The highest BCUT2D eigenvalue weighted by Crippen LogP contribution is 2.44. The van der Waals surface area contributed by atoms with Crippen LogP contribution in [-0.4, -0.2) is 34.5 Å². The molecular weight excluding hydrogens is 230 g/mol. The summed E-state index contributed by atoms with van der Waals surface area (Å²) >= 11 is 0. The summed E-state index contributed by atoms with van der Waals surface area (Å²) in [6.07, 6.45) is 7.00. The number of carboxylic acids is 1. The van der Waals surface area contributed by atoms with Crippen LogP contribution in [0.2, 0.25) is 0 Å². The maximum absolute atomic E-state index is 12.4. The highest BCUT2D eigenvalue weighted by atomic mass is 16.4. The predicted molar refractivity (Wildman–Crippen MR) is 66.0 cm³/mol. The Hall–Kier alpha value is -1.06. The molecular formula is C14H21NO3. The first-order valence-electron chi connectivity index (χ1n) is 7.14. The third kappa shape index (κ3) is 1.82. The molecule has 2 bridgehead atoms. The number of carboxylic acid groups (broad SMARTS) is 1. The van der Waals surface area contributed by atoms with Gasteiger partial charge >= 0.3 is 5.97 Å². The van der Waals surface area contributed by atoms with Gasteiger partial charge in [0.25, 0.3) is 0 Å². The van der Waals surface area contributed by atoms with Crippen molar-refractivity contribution in [2.75, 3.05) is 6.54 Å². The second kappa shape index (κ2) is 4.25. The minimum absolute atomic E-state index is 0.0894. The molecule has 3 aliphatic rings. The predicted octanol–water partition coefficient (Wildman–Crippen LogP) is 2.03. The second-order valence-corrected chi connectivity index (χ2v) is 6.35. The van der Waals surface area contributed by atoms with E-state index < -0.39 is 11.4 Å². The summed E-state index contributed by atoms with van der Waals surface area (Å²) in [6, 6.07) is 0.412. The van der Waals surface area contributed by atoms with E-state index in [1.165, 1.54) is 6.42 Å². The van der Waals surface area contributed by atoms with Crippen molar-refractivity contribution in [3.63, 3.8) is 0 Å². The van der Waals surface area contributed by atoms with Gasteiger partial charge in [-0.1, -0.05) is 12.8 Å². The minimum atomic E-state index is -0.766. The normalized spacial score (nSPS) is 33.0. The molecule has 3 fully saturated rings. The van der Waals surface area contributed by atoms with Crippen LogP contribution in [0, 0.1) is 11.3 Å². The van der Waals surface area contributed by atoms with Gasteiger partial charge in [0.2, 0.25) is 5.91 Å². The van der Waals surface area contributed by atoms with Crippen LogP contribution in [0.5, 0.6) is 0 Å². The molecule has 1 aliphatic heterocycles. The highest BCUT2D eigenvalue weighted by molar-refractivity contribution is 5.85. The molecule has 2 aliphatic carbocycles. The molecule has 2 unspecified atom stereocenters. The minimum Gasteiger partial charge on any atom is -0.481 e. The number of fused-ring (bicyclic) bond motifs is 2. The summed E-state index contributed by atoms with van der Waals surface area (Å²) in [4.78, 5) is 25.8. The lowest BCUT2D eigenvalue weighted by atomic mass is 9.82. The van der Waals surface area contributed by atoms with E-state index in [0.717, 1.165) is 32.2 Å². The number of carbonyl (C=O) groups excluding carboxylic acids is 1. The molecule has 4 heteroatoms. The molecule has 0 radical (unpaired) electrons. The van der Waals surface area contributed by atoms with Crippen LogP contribution < -0.4 is 0 Å². The Labute approximate surface area is 107 Å². The number of nitrogens with zero attached hydrogens (tertiary/aromatic N) is 1. The first-order chi connectivity index (χ1) is 8.61. The van der Waals surface area contributed by atoms with Gasteiger partial charge in [-0.2, -0.15) is 0 Å². The summed E-state index contributed by atoms with van der Waals surface area (Å²) in [5.41, 5.74) is -0.751. The summed E-state index contributed by atoms with van der Waals surface area (Å²) in [5, 5.41) is 9.42. The fourth-order valence-corrected chi connectivity index (χ4v) is 4.14. The van der Waals surface area contributed by atoms with Crippen LogP contribution in [0.3, 0.4) is 0 Å². The summed E-state index contributed by atoms with van der Waals surface area (Å²) in [5.74, 6) is 0.00696. The first kappa shape index (κ1) is 12.0. The molecule has 1 heterocycles. The average Bonchev–Trinajstić information content (AvgIpc) is 3.04. The van der Waals surface area contributed by atoms with E-state index in [2.05, 4.69) is 0 Å². The quantitative estimate of drug-likeness (QED) is 0.835. The number of hydrogen-bond acceptors (Lipinski definition) is 2. The first-order valence-corrected chi connectivity index (χ1v) is 7.14. The Morgan fingerprint density at radius 1 is 1.22 bits per heavy atom. The van der Waals surface area contributed by atoms with Crippen molar-refractivity contribution >= 4 is 11.9 Å². The van der Waals surface area contributed by atoms with Gasteiger partial charge in [-0.15, -0.1) is 0 Å². The van der Waals surface area contributed by atoms with Crippen molar-refractivity contribution in [2.24, 2.45) is 11.3 Å². The number of rotatable bonds is 3. The number of likely N-dealkylation sites (tertiary alicyclic amines) is 1. The van der Waals surface area contributed by atoms with Crippen LogP contribution >= 0.6 is 0 Å². The topological polar surface area (TPSA) is 57.6 Å². The van der Waals surface area contributed by atoms with E-state index >= 15 is 0 Å². The van der Waals surface area contributed by atoms with Crippen LogP contribution in [0.25, 0.3) is 0 Å². The highest BCUT2D eigenvalue weighted by Gasteiger charge is 2.47. The van der Waals surface area contributed by atoms with Gasteiger partial charge in [-0.3, -0.25) is 9.59 Å². The SMILES string of the molecule is O=C(CC1(C(=O)O)CCCC1)N1CC2CCC1C2. The number of amides is 1. The molecule has 18 heavy (non-hydrogen) atoms. The number of piperidine rings is 1. The third-order valence-electron chi connectivity index (χ3n) is 5.23. The lowest BCUT2D eigenvalue weighted by Gasteiger charge is -2.31. The molecule has 1 N–H and O–H groups in total. The van der Waals surface area contributed by atoms with Gasteiger partial charge in [-0.05, 0) is 38.0 Å². The van der Waals surface area contributed by atoms with E-state index in [0.29, 0.717) is 24.8 Å².